The molecule has 0 fully saturated rings. The number of aliphatic hydroxyl groups excluding tert-OH is 1. The summed E-state index contributed by atoms with van der Waals surface area (Å²) in [6, 6.07) is 8.23. The fraction of sp³-hybridized carbons (Fsp3) is 0.524. The van der Waals surface area contributed by atoms with Gasteiger partial charge < -0.3 is 19.5 Å². The highest BCUT2D eigenvalue weighted by Crippen LogP contribution is 2.31. The third kappa shape index (κ3) is 6.22. The van der Waals surface area contributed by atoms with Crippen molar-refractivity contribution in [1.82, 2.24) is 4.90 Å². The number of likely N-dealkylation sites (N-methyl/N-ethyl adjacent to an activating group) is 1. The number of hydrogen-bond donors (Lipinski definition) is 1. The first-order chi connectivity index (χ1) is 12.0. The molecule has 1 aromatic carbocycles. The van der Waals surface area contributed by atoms with Crippen LogP contribution >= 0.6 is 0 Å². The topological polar surface area (TPSA) is 41.9 Å². The molecule has 1 aromatic rings. The lowest BCUT2D eigenvalue weighted by Gasteiger charge is -2.28. The van der Waals surface area contributed by atoms with E-state index in [0.29, 0.717) is 25.0 Å². The number of methoxy groups -OCH3 is 1. The number of hydrogen-bond acceptors (Lipinski definition) is 4. The summed E-state index contributed by atoms with van der Waals surface area (Å²) in [5.41, 5.74) is 1.27. The summed E-state index contributed by atoms with van der Waals surface area (Å²) in [5, 5.41) is 10.0. The summed E-state index contributed by atoms with van der Waals surface area (Å²) in [4.78, 5) is 1.96. The molecule has 2 rings (SSSR count). The Morgan fingerprint density at radius 3 is 2.80 bits per heavy atom. The van der Waals surface area contributed by atoms with Crippen LogP contribution in [0.5, 0.6) is 5.75 Å². The molecule has 0 amide bonds. The summed E-state index contributed by atoms with van der Waals surface area (Å²) >= 11 is 0. The van der Waals surface area contributed by atoms with Gasteiger partial charge in [-0.15, -0.1) is 0 Å². The summed E-state index contributed by atoms with van der Waals surface area (Å²) in [6.45, 7) is 3.16. The second kappa shape index (κ2) is 9.64. The molecule has 138 valence electrons. The highest BCUT2D eigenvalue weighted by atomic mass is 16.5. The van der Waals surface area contributed by atoms with Gasteiger partial charge in [0, 0.05) is 12.5 Å². The molecule has 0 heterocycles. The zero-order chi connectivity index (χ0) is 18.2. The van der Waals surface area contributed by atoms with Crippen LogP contribution < -0.4 is 4.74 Å². The average molecular weight is 345 g/mol. The lowest BCUT2D eigenvalue weighted by molar-refractivity contribution is 0.0407. The summed E-state index contributed by atoms with van der Waals surface area (Å²) in [6.07, 6.45) is 7.82. The van der Waals surface area contributed by atoms with Crippen LogP contribution in [0.3, 0.4) is 0 Å². The summed E-state index contributed by atoms with van der Waals surface area (Å²) < 4.78 is 11.3. The Morgan fingerprint density at radius 2 is 2.08 bits per heavy atom. The van der Waals surface area contributed by atoms with Crippen molar-refractivity contribution in [3.05, 3.63) is 53.8 Å². The molecular formula is C21H31NO3. The van der Waals surface area contributed by atoms with E-state index in [1.165, 1.54) is 5.56 Å². The van der Waals surface area contributed by atoms with Crippen molar-refractivity contribution >= 4 is 0 Å². The van der Waals surface area contributed by atoms with Gasteiger partial charge in [0.15, 0.2) is 0 Å². The van der Waals surface area contributed by atoms with Gasteiger partial charge in [0.1, 0.15) is 18.5 Å². The number of ether oxygens (including phenoxy) is 2. The zero-order valence-corrected chi connectivity index (χ0v) is 15.8. The van der Waals surface area contributed by atoms with Crippen molar-refractivity contribution in [1.29, 1.82) is 0 Å². The Morgan fingerprint density at radius 1 is 1.28 bits per heavy atom. The van der Waals surface area contributed by atoms with E-state index < -0.39 is 6.10 Å². The first-order valence-corrected chi connectivity index (χ1v) is 8.96. The van der Waals surface area contributed by atoms with E-state index in [1.54, 1.807) is 7.11 Å². The lowest BCUT2D eigenvalue weighted by atomic mass is 9.84. The molecule has 1 aliphatic rings. The van der Waals surface area contributed by atoms with E-state index in [1.807, 2.05) is 37.2 Å². The van der Waals surface area contributed by atoms with Crippen LogP contribution in [-0.4, -0.2) is 50.5 Å². The molecule has 0 aliphatic heterocycles. The largest absolute Gasteiger partial charge is 0.497 e. The monoisotopic (exact) mass is 345 g/mol. The SMILES string of the molecule is COc1cccc(CCC2C(OC[C@H](O)CN(C)C)=CC=C[C@H]2C)c1. The standard InChI is InChI=1S/C21H31NO3/c1-16-7-5-10-21(25-15-18(23)14-22(2)3)20(16)12-11-17-8-6-9-19(13-17)24-4/h5-10,13,16,18,20,23H,11-12,14-15H2,1-4H3/t16-,18-,20?/m1/s1. The maximum atomic E-state index is 10.0. The Hall–Kier alpha value is -1.78. The first-order valence-electron chi connectivity index (χ1n) is 8.96. The van der Waals surface area contributed by atoms with Crippen molar-refractivity contribution in [3.63, 3.8) is 0 Å². The maximum absolute atomic E-state index is 10.0. The number of benzene rings is 1. The van der Waals surface area contributed by atoms with Crippen molar-refractivity contribution in [2.45, 2.75) is 25.9 Å². The van der Waals surface area contributed by atoms with Gasteiger partial charge in [0.05, 0.1) is 12.9 Å². The molecule has 3 atom stereocenters. The van der Waals surface area contributed by atoms with Crippen LogP contribution in [0.25, 0.3) is 0 Å². The number of nitrogens with zero attached hydrogens (tertiary/aromatic N) is 1. The first kappa shape index (κ1) is 19.5. The van der Waals surface area contributed by atoms with Gasteiger partial charge in [0.2, 0.25) is 0 Å². The van der Waals surface area contributed by atoms with E-state index in [4.69, 9.17) is 9.47 Å². The Labute approximate surface area is 151 Å². The van der Waals surface area contributed by atoms with Crippen molar-refractivity contribution in [2.75, 3.05) is 34.4 Å². The number of rotatable bonds is 9. The molecule has 1 unspecified atom stereocenters. The van der Waals surface area contributed by atoms with E-state index in [2.05, 4.69) is 31.2 Å². The molecule has 0 saturated carbocycles. The van der Waals surface area contributed by atoms with Gasteiger partial charge in [-0.3, -0.25) is 0 Å². The fourth-order valence-electron chi connectivity index (χ4n) is 3.22. The van der Waals surface area contributed by atoms with Gasteiger partial charge in [-0.2, -0.15) is 0 Å². The Balaban J connectivity index is 1.94. The van der Waals surface area contributed by atoms with E-state index in [9.17, 15) is 5.11 Å². The normalized spacial score (nSPS) is 21.1. The van der Waals surface area contributed by atoms with Crippen LogP contribution in [-0.2, 0) is 11.2 Å². The molecule has 0 bridgehead atoms. The molecular weight excluding hydrogens is 314 g/mol. The van der Waals surface area contributed by atoms with Gasteiger partial charge in [-0.25, -0.2) is 0 Å². The average Bonchev–Trinajstić information content (AvgIpc) is 2.58. The summed E-state index contributed by atoms with van der Waals surface area (Å²) in [7, 11) is 5.59. The van der Waals surface area contributed by atoms with Crippen LogP contribution in [0.1, 0.15) is 18.9 Å². The molecule has 0 aromatic heterocycles. The van der Waals surface area contributed by atoms with Crippen molar-refractivity contribution in [2.24, 2.45) is 11.8 Å². The van der Waals surface area contributed by atoms with E-state index in [-0.39, 0.29) is 0 Å². The van der Waals surface area contributed by atoms with E-state index >= 15 is 0 Å². The fourth-order valence-corrected chi connectivity index (χ4v) is 3.22. The van der Waals surface area contributed by atoms with Crippen molar-refractivity contribution in [3.8, 4) is 5.75 Å². The minimum atomic E-state index is -0.476. The zero-order valence-electron chi connectivity index (χ0n) is 15.8. The van der Waals surface area contributed by atoms with Crippen molar-refractivity contribution < 1.29 is 14.6 Å². The molecule has 1 N–H and O–H groups in total. The Kier molecular flexibility index (Phi) is 7.53. The molecule has 0 radical (unpaired) electrons. The van der Waals surface area contributed by atoms with Crippen LogP contribution in [0.15, 0.2) is 48.3 Å². The molecule has 25 heavy (non-hydrogen) atoms. The predicted octanol–water partition coefficient (Wildman–Crippen LogP) is 3.27. The minimum Gasteiger partial charge on any atom is -0.497 e. The third-order valence-corrected chi connectivity index (χ3v) is 4.57. The number of aliphatic hydroxyl groups is 1. The van der Waals surface area contributed by atoms with Gasteiger partial charge >= 0.3 is 0 Å². The maximum Gasteiger partial charge on any atom is 0.119 e. The van der Waals surface area contributed by atoms with Crippen LogP contribution in [0.4, 0.5) is 0 Å². The summed E-state index contributed by atoms with van der Waals surface area (Å²) in [5.74, 6) is 2.64. The predicted molar refractivity (Wildman–Crippen MR) is 102 cm³/mol. The molecule has 4 nitrogen and oxygen atoms in total. The lowest BCUT2D eigenvalue weighted by Crippen LogP contribution is -2.30. The molecule has 1 aliphatic carbocycles. The highest BCUT2D eigenvalue weighted by molar-refractivity contribution is 5.29. The third-order valence-electron chi connectivity index (χ3n) is 4.57. The molecule has 0 spiro atoms. The number of aryl methyl sites for hydroxylation is 1. The second-order valence-corrected chi connectivity index (χ2v) is 7.04. The highest BCUT2D eigenvalue weighted by Gasteiger charge is 2.24. The van der Waals surface area contributed by atoms with Gasteiger partial charge in [-0.05, 0) is 56.6 Å². The van der Waals surface area contributed by atoms with Crippen LogP contribution in [0, 0.1) is 11.8 Å². The smallest absolute Gasteiger partial charge is 0.119 e. The minimum absolute atomic E-state index is 0.334. The Bertz CT molecular complexity index is 595. The molecule has 4 heteroatoms. The van der Waals surface area contributed by atoms with Gasteiger partial charge in [0.25, 0.3) is 0 Å². The quantitative estimate of drug-likeness (QED) is 0.746. The van der Waals surface area contributed by atoms with Gasteiger partial charge in [-0.1, -0.05) is 31.2 Å². The van der Waals surface area contributed by atoms with Crippen LogP contribution in [0.2, 0.25) is 0 Å². The van der Waals surface area contributed by atoms with E-state index in [0.717, 1.165) is 24.4 Å². The second-order valence-electron chi connectivity index (χ2n) is 7.04. The number of allylic oxidation sites excluding steroid dienone is 4. The molecule has 0 saturated heterocycles.